The number of aliphatic hydroxyl groups excluding tert-OH is 2. The lowest BCUT2D eigenvalue weighted by Crippen LogP contribution is -2.34. The number of phenols is 1. The van der Waals surface area contributed by atoms with Gasteiger partial charge < -0.3 is 20.1 Å². The average Bonchev–Trinajstić information content (AvgIpc) is 2.69. The molecule has 0 bridgehead atoms. The Kier molecular flexibility index (Phi) is 6.36. The maximum absolute atomic E-state index is 10.2. The predicted octanol–water partition coefficient (Wildman–Crippen LogP) is 2.38. The highest BCUT2D eigenvalue weighted by atomic mass is 16.5. The first kappa shape index (κ1) is 19.2. The molecule has 0 spiro atoms. The van der Waals surface area contributed by atoms with Crippen LogP contribution in [-0.4, -0.2) is 40.5 Å². The van der Waals surface area contributed by atoms with E-state index in [9.17, 15) is 10.2 Å². The minimum absolute atomic E-state index is 0.0275. The van der Waals surface area contributed by atoms with Gasteiger partial charge in [0.15, 0.2) is 0 Å². The van der Waals surface area contributed by atoms with Gasteiger partial charge in [0.05, 0.1) is 26.4 Å². The molecule has 0 saturated heterocycles. The van der Waals surface area contributed by atoms with E-state index in [0.717, 1.165) is 42.0 Å². The first-order valence-electron chi connectivity index (χ1n) is 9.08. The third-order valence-electron chi connectivity index (χ3n) is 4.86. The summed E-state index contributed by atoms with van der Waals surface area (Å²) in [5.41, 5.74) is 3.77. The number of hydrogen-bond acceptors (Lipinski definition) is 5. The van der Waals surface area contributed by atoms with Crippen LogP contribution < -0.4 is 4.74 Å². The molecule has 3 N–H and O–H groups in total. The maximum atomic E-state index is 10.2. The topological polar surface area (TPSA) is 73.2 Å². The molecule has 0 aliphatic carbocycles. The second-order valence-corrected chi connectivity index (χ2v) is 6.60. The van der Waals surface area contributed by atoms with Crippen LogP contribution in [0.4, 0.5) is 0 Å². The van der Waals surface area contributed by atoms with E-state index in [4.69, 9.17) is 9.84 Å². The molecule has 0 fully saturated rings. The van der Waals surface area contributed by atoms with Gasteiger partial charge in [-0.25, -0.2) is 0 Å². The Labute approximate surface area is 159 Å². The Hall–Kier alpha value is -2.52. The van der Waals surface area contributed by atoms with E-state index in [1.165, 1.54) is 0 Å². The van der Waals surface area contributed by atoms with Crippen molar-refractivity contribution in [3.05, 3.63) is 58.7 Å². The molecule has 5 nitrogen and oxygen atoms in total. The molecule has 1 aliphatic heterocycles. The lowest BCUT2D eigenvalue weighted by Gasteiger charge is -2.35. The summed E-state index contributed by atoms with van der Waals surface area (Å²) in [7, 11) is 1.65. The van der Waals surface area contributed by atoms with Crippen molar-refractivity contribution in [2.75, 3.05) is 20.3 Å². The predicted molar refractivity (Wildman–Crippen MR) is 103 cm³/mol. The molecule has 0 aromatic heterocycles. The number of methoxy groups -OCH3 is 1. The Morgan fingerprint density at radius 2 is 1.96 bits per heavy atom. The smallest absolute Gasteiger partial charge is 0.121 e. The molecule has 142 valence electrons. The van der Waals surface area contributed by atoms with Gasteiger partial charge in [-0.2, -0.15) is 0 Å². The second-order valence-electron chi connectivity index (χ2n) is 6.60. The van der Waals surface area contributed by atoms with E-state index in [-0.39, 0.29) is 25.0 Å². The van der Waals surface area contributed by atoms with E-state index in [1.54, 1.807) is 13.2 Å². The monoisotopic (exact) mass is 367 g/mol. The van der Waals surface area contributed by atoms with Crippen molar-refractivity contribution in [3.8, 4) is 23.3 Å². The van der Waals surface area contributed by atoms with Crippen molar-refractivity contribution in [3.63, 3.8) is 0 Å². The van der Waals surface area contributed by atoms with Crippen LogP contribution in [-0.2, 0) is 19.6 Å². The summed E-state index contributed by atoms with van der Waals surface area (Å²) >= 11 is 0. The standard InChI is InChI=1S/C22H25NO4/c1-27-19-7-5-16(6-8-19)14-23-10-9-17-12-18(15-25)22(26)13-20(17)21(23)4-2-3-11-24/h5-8,12-13,21,24-26H,3,9-11,14-15H2,1H3. The molecule has 5 heteroatoms. The second kappa shape index (κ2) is 8.92. The van der Waals surface area contributed by atoms with E-state index in [1.807, 2.05) is 30.3 Å². The van der Waals surface area contributed by atoms with Gasteiger partial charge in [0.2, 0.25) is 0 Å². The van der Waals surface area contributed by atoms with Gasteiger partial charge in [-0.3, -0.25) is 4.90 Å². The lowest BCUT2D eigenvalue weighted by molar-refractivity contribution is 0.215. The van der Waals surface area contributed by atoms with E-state index >= 15 is 0 Å². The number of benzene rings is 2. The van der Waals surface area contributed by atoms with Crippen LogP contribution in [0.3, 0.4) is 0 Å². The minimum Gasteiger partial charge on any atom is -0.508 e. The van der Waals surface area contributed by atoms with Crippen LogP contribution in [0, 0.1) is 11.8 Å². The largest absolute Gasteiger partial charge is 0.508 e. The molecule has 1 aliphatic rings. The number of aromatic hydroxyl groups is 1. The van der Waals surface area contributed by atoms with Crippen molar-refractivity contribution < 1.29 is 20.1 Å². The van der Waals surface area contributed by atoms with Gasteiger partial charge in [-0.1, -0.05) is 24.0 Å². The molecule has 0 amide bonds. The van der Waals surface area contributed by atoms with Crippen LogP contribution in [0.25, 0.3) is 0 Å². The molecule has 1 unspecified atom stereocenters. The number of rotatable bonds is 5. The van der Waals surface area contributed by atoms with Gasteiger partial charge in [0.1, 0.15) is 11.5 Å². The highest BCUT2D eigenvalue weighted by Gasteiger charge is 2.27. The van der Waals surface area contributed by atoms with Crippen molar-refractivity contribution in [1.82, 2.24) is 4.90 Å². The molecule has 2 aromatic rings. The third-order valence-corrected chi connectivity index (χ3v) is 4.86. The Morgan fingerprint density at radius 3 is 2.63 bits per heavy atom. The average molecular weight is 367 g/mol. The summed E-state index contributed by atoms with van der Waals surface area (Å²) in [6, 6.07) is 11.4. The fourth-order valence-electron chi connectivity index (χ4n) is 3.42. The van der Waals surface area contributed by atoms with Gasteiger partial charge in [-0.05, 0) is 47.4 Å². The molecule has 3 rings (SSSR count). The zero-order valence-corrected chi connectivity index (χ0v) is 15.5. The molecule has 27 heavy (non-hydrogen) atoms. The summed E-state index contributed by atoms with van der Waals surface area (Å²) in [6.45, 7) is 1.40. The fourth-order valence-corrected chi connectivity index (χ4v) is 3.42. The van der Waals surface area contributed by atoms with Crippen LogP contribution in [0.2, 0.25) is 0 Å². The normalized spacial score (nSPS) is 16.3. The van der Waals surface area contributed by atoms with Gasteiger partial charge >= 0.3 is 0 Å². The quantitative estimate of drug-likeness (QED) is 0.708. The van der Waals surface area contributed by atoms with Crippen LogP contribution in [0.15, 0.2) is 36.4 Å². The van der Waals surface area contributed by atoms with E-state index in [2.05, 4.69) is 16.7 Å². The number of ether oxygens (including phenoxy) is 1. The number of aliphatic hydroxyl groups is 2. The summed E-state index contributed by atoms with van der Waals surface area (Å²) in [5.74, 6) is 7.21. The molecule has 2 aromatic carbocycles. The van der Waals surface area contributed by atoms with E-state index < -0.39 is 0 Å². The van der Waals surface area contributed by atoms with Crippen LogP contribution in [0.5, 0.6) is 11.5 Å². The SMILES string of the molecule is COc1ccc(CN2CCc3cc(CO)c(O)cc3C2C#CCCO)cc1. The van der Waals surface area contributed by atoms with Crippen molar-refractivity contribution >= 4 is 0 Å². The van der Waals surface area contributed by atoms with E-state index in [0.29, 0.717) is 12.0 Å². The number of hydrogen-bond donors (Lipinski definition) is 3. The lowest BCUT2D eigenvalue weighted by atomic mass is 9.90. The third kappa shape index (κ3) is 4.42. The Morgan fingerprint density at radius 1 is 1.19 bits per heavy atom. The first-order valence-corrected chi connectivity index (χ1v) is 9.08. The van der Waals surface area contributed by atoms with Gasteiger partial charge in [0.25, 0.3) is 0 Å². The molecular weight excluding hydrogens is 342 g/mol. The first-order chi connectivity index (χ1) is 13.2. The highest BCUT2D eigenvalue weighted by Crippen LogP contribution is 2.35. The van der Waals surface area contributed by atoms with Crippen molar-refractivity contribution in [2.24, 2.45) is 0 Å². The summed E-state index contributed by atoms with van der Waals surface area (Å²) in [4.78, 5) is 2.27. The zero-order chi connectivity index (χ0) is 19.2. The fraction of sp³-hybridized carbons (Fsp3) is 0.364. The van der Waals surface area contributed by atoms with Crippen molar-refractivity contribution in [2.45, 2.75) is 32.0 Å². The Balaban J connectivity index is 1.91. The summed E-state index contributed by atoms with van der Waals surface area (Å²) in [6.07, 6.45) is 1.25. The molecule has 1 heterocycles. The summed E-state index contributed by atoms with van der Waals surface area (Å²) in [5, 5.41) is 28.7. The van der Waals surface area contributed by atoms with Crippen LogP contribution in [0.1, 0.15) is 34.7 Å². The maximum Gasteiger partial charge on any atom is 0.121 e. The zero-order valence-electron chi connectivity index (χ0n) is 15.5. The molecular formula is C22H25NO4. The van der Waals surface area contributed by atoms with Gasteiger partial charge in [0, 0.05) is 25.1 Å². The molecule has 0 saturated carbocycles. The molecule has 1 atom stereocenters. The van der Waals surface area contributed by atoms with Gasteiger partial charge in [-0.15, -0.1) is 0 Å². The Bertz CT molecular complexity index is 836. The highest BCUT2D eigenvalue weighted by molar-refractivity contribution is 5.47. The molecule has 0 radical (unpaired) electrons. The summed E-state index contributed by atoms with van der Waals surface area (Å²) < 4.78 is 5.22. The minimum atomic E-state index is -0.185. The van der Waals surface area contributed by atoms with Crippen LogP contribution >= 0.6 is 0 Å². The number of nitrogens with zero attached hydrogens (tertiary/aromatic N) is 1. The van der Waals surface area contributed by atoms with Crippen molar-refractivity contribution in [1.29, 1.82) is 0 Å². The number of fused-ring (bicyclic) bond motifs is 1.